The van der Waals surface area contributed by atoms with Gasteiger partial charge in [-0.1, -0.05) is 0 Å². The van der Waals surface area contributed by atoms with Crippen molar-refractivity contribution in [2.75, 3.05) is 53.6 Å². The van der Waals surface area contributed by atoms with E-state index in [0.29, 0.717) is 32.1 Å². The highest BCUT2D eigenvalue weighted by atomic mass is 16.5. The molecular formula is C19H34N2O5. The molecule has 3 saturated heterocycles. The lowest BCUT2D eigenvalue weighted by Gasteiger charge is -2.45. The number of carbonyl (C=O) groups is 1. The van der Waals surface area contributed by atoms with E-state index >= 15 is 0 Å². The van der Waals surface area contributed by atoms with Crippen molar-refractivity contribution >= 4 is 5.91 Å². The predicted molar refractivity (Wildman–Crippen MR) is 96.9 cm³/mol. The minimum absolute atomic E-state index is 0.0314. The van der Waals surface area contributed by atoms with Gasteiger partial charge in [0.2, 0.25) is 5.91 Å². The molecule has 0 aliphatic carbocycles. The fraction of sp³-hybridized carbons (Fsp3) is 0.947. The van der Waals surface area contributed by atoms with E-state index in [1.165, 1.54) is 0 Å². The van der Waals surface area contributed by atoms with Crippen LogP contribution >= 0.6 is 0 Å². The summed E-state index contributed by atoms with van der Waals surface area (Å²) in [7, 11) is 3.56. The van der Waals surface area contributed by atoms with Crippen molar-refractivity contribution in [2.24, 2.45) is 5.92 Å². The number of fused-ring (bicyclic) bond motifs is 1. The average Bonchev–Trinajstić information content (AvgIpc) is 2.61. The van der Waals surface area contributed by atoms with Crippen LogP contribution in [0.3, 0.4) is 0 Å². The second-order valence-corrected chi connectivity index (χ2v) is 8.13. The van der Waals surface area contributed by atoms with Gasteiger partial charge in [-0.3, -0.25) is 9.69 Å². The molecular weight excluding hydrogens is 336 g/mol. The minimum atomic E-state index is -0.455. The molecule has 3 aliphatic rings. The molecule has 0 radical (unpaired) electrons. The first-order valence-electron chi connectivity index (χ1n) is 9.96. The highest BCUT2D eigenvalue weighted by Crippen LogP contribution is 2.29. The summed E-state index contributed by atoms with van der Waals surface area (Å²) in [4.78, 5) is 16.1. The van der Waals surface area contributed by atoms with Crippen LogP contribution in [0.4, 0.5) is 0 Å². The average molecular weight is 370 g/mol. The number of amides is 1. The highest BCUT2D eigenvalue weighted by molar-refractivity contribution is 5.76. The lowest BCUT2D eigenvalue weighted by Crippen LogP contribution is -2.57. The standard InChI is InChI=1S/C19H34N2O5/c1-20(2)19(23)9-16-3-4-17-18(26-16)13-25-12-15(22)11-21(17)10-14-5-7-24-8-6-14/h14-18,22H,3-13H2,1-2H3/t15-,16-,17-,18+/m1/s1. The number of hydrogen-bond donors (Lipinski definition) is 1. The Labute approximate surface area is 156 Å². The van der Waals surface area contributed by atoms with E-state index in [2.05, 4.69) is 4.90 Å². The third-order valence-electron chi connectivity index (χ3n) is 5.82. The highest BCUT2D eigenvalue weighted by Gasteiger charge is 2.38. The third-order valence-corrected chi connectivity index (χ3v) is 5.82. The molecule has 3 fully saturated rings. The van der Waals surface area contributed by atoms with E-state index in [0.717, 1.165) is 45.4 Å². The molecule has 0 aromatic carbocycles. The zero-order valence-corrected chi connectivity index (χ0v) is 16.1. The van der Waals surface area contributed by atoms with Crippen LogP contribution in [0.15, 0.2) is 0 Å². The van der Waals surface area contributed by atoms with Crippen molar-refractivity contribution in [2.45, 2.75) is 56.5 Å². The molecule has 0 spiro atoms. The molecule has 0 aromatic heterocycles. The lowest BCUT2D eigenvalue weighted by atomic mass is 9.92. The van der Waals surface area contributed by atoms with Crippen LogP contribution in [0, 0.1) is 5.92 Å². The fourth-order valence-corrected chi connectivity index (χ4v) is 4.29. The Morgan fingerprint density at radius 3 is 2.62 bits per heavy atom. The van der Waals surface area contributed by atoms with Gasteiger partial charge < -0.3 is 24.2 Å². The normalized spacial score (nSPS) is 34.6. The summed E-state index contributed by atoms with van der Waals surface area (Å²) < 4.78 is 17.4. The topological polar surface area (TPSA) is 71.5 Å². The van der Waals surface area contributed by atoms with Crippen LogP contribution in [-0.4, -0.2) is 98.8 Å². The summed E-state index contributed by atoms with van der Waals surface area (Å²) in [6, 6.07) is 0.249. The van der Waals surface area contributed by atoms with Crippen molar-refractivity contribution in [3.05, 3.63) is 0 Å². The molecule has 150 valence electrons. The minimum Gasteiger partial charge on any atom is -0.389 e. The summed E-state index contributed by atoms with van der Waals surface area (Å²) >= 11 is 0. The van der Waals surface area contributed by atoms with Crippen LogP contribution < -0.4 is 0 Å². The van der Waals surface area contributed by atoms with Crippen LogP contribution in [0.25, 0.3) is 0 Å². The largest absolute Gasteiger partial charge is 0.389 e. The second kappa shape index (κ2) is 9.46. The van der Waals surface area contributed by atoms with Crippen molar-refractivity contribution in [3.8, 4) is 0 Å². The Hall–Kier alpha value is -0.730. The van der Waals surface area contributed by atoms with Crippen molar-refractivity contribution < 1.29 is 24.1 Å². The number of nitrogens with zero attached hydrogens (tertiary/aromatic N) is 2. The zero-order chi connectivity index (χ0) is 18.5. The number of carbonyl (C=O) groups excluding carboxylic acids is 1. The summed E-state index contributed by atoms with van der Waals surface area (Å²) in [5, 5.41) is 10.3. The van der Waals surface area contributed by atoms with E-state index in [-0.39, 0.29) is 24.2 Å². The Morgan fingerprint density at radius 1 is 1.12 bits per heavy atom. The third kappa shape index (κ3) is 5.39. The summed E-state index contributed by atoms with van der Waals surface area (Å²) in [5.41, 5.74) is 0. The maximum absolute atomic E-state index is 12.0. The summed E-state index contributed by atoms with van der Waals surface area (Å²) in [6.45, 7) is 4.11. The molecule has 0 saturated carbocycles. The number of rotatable bonds is 4. The molecule has 26 heavy (non-hydrogen) atoms. The van der Waals surface area contributed by atoms with Gasteiger partial charge >= 0.3 is 0 Å². The van der Waals surface area contributed by atoms with E-state index in [4.69, 9.17) is 14.2 Å². The molecule has 3 heterocycles. The van der Waals surface area contributed by atoms with Gasteiger partial charge in [-0.15, -0.1) is 0 Å². The molecule has 1 amide bonds. The first kappa shape index (κ1) is 20.0. The molecule has 0 bridgehead atoms. The van der Waals surface area contributed by atoms with Crippen molar-refractivity contribution in [1.82, 2.24) is 9.80 Å². The number of ether oxygens (including phenoxy) is 3. The molecule has 3 aliphatic heterocycles. The van der Waals surface area contributed by atoms with Crippen molar-refractivity contribution in [3.63, 3.8) is 0 Å². The van der Waals surface area contributed by atoms with E-state index < -0.39 is 6.10 Å². The lowest BCUT2D eigenvalue weighted by molar-refractivity contribution is -0.161. The Morgan fingerprint density at radius 2 is 1.88 bits per heavy atom. The Balaban J connectivity index is 1.62. The van der Waals surface area contributed by atoms with Gasteiger partial charge in [-0.25, -0.2) is 0 Å². The fourth-order valence-electron chi connectivity index (χ4n) is 4.29. The number of aliphatic hydroxyl groups is 1. The monoisotopic (exact) mass is 370 g/mol. The first-order valence-corrected chi connectivity index (χ1v) is 9.96. The van der Waals surface area contributed by atoms with Crippen LogP contribution in [-0.2, 0) is 19.0 Å². The second-order valence-electron chi connectivity index (χ2n) is 8.13. The number of hydrogen-bond acceptors (Lipinski definition) is 6. The summed E-state index contributed by atoms with van der Waals surface area (Å²) in [6.07, 6.45) is 3.93. The van der Waals surface area contributed by atoms with Gasteiger partial charge in [0.1, 0.15) is 0 Å². The molecule has 4 atom stereocenters. The predicted octanol–water partition coefficient (Wildman–Crippen LogP) is 0.501. The van der Waals surface area contributed by atoms with E-state index in [9.17, 15) is 9.90 Å². The molecule has 7 heteroatoms. The Kier molecular flexibility index (Phi) is 7.28. The number of aliphatic hydroxyl groups excluding tert-OH is 1. The van der Waals surface area contributed by atoms with Gasteiger partial charge in [0.15, 0.2) is 0 Å². The van der Waals surface area contributed by atoms with Gasteiger partial charge in [0, 0.05) is 46.4 Å². The maximum Gasteiger partial charge on any atom is 0.224 e. The smallest absolute Gasteiger partial charge is 0.224 e. The van der Waals surface area contributed by atoms with Crippen LogP contribution in [0.2, 0.25) is 0 Å². The molecule has 3 rings (SSSR count). The molecule has 7 nitrogen and oxygen atoms in total. The maximum atomic E-state index is 12.0. The van der Waals surface area contributed by atoms with E-state index in [1.807, 2.05) is 0 Å². The van der Waals surface area contributed by atoms with Gasteiger partial charge in [-0.2, -0.15) is 0 Å². The molecule has 0 aromatic rings. The summed E-state index contributed by atoms with van der Waals surface area (Å²) in [5.74, 6) is 0.722. The number of β-amino-alcohol motifs (C(OH)–C–C–N with tert-alkyl or cyclic N) is 1. The van der Waals surface area contributed by atoms with Gasteiger partial charge in [-0.05, 0) is 31.6 Å². The van der Waals surface area contributed by atoms with Gasteiger partial charge in [0.05, 0.1) is 37.9 Å². The Bertz CT molecular complexity index is 455. The molecule has 1 N–H and O–H groups in total. The quantitative estimate of drug-likeness (QED) is 0.777. The first-order chi connectivity index (χ1) is 12.5. The van der Waals surface area contributed by atoms with Gasteiger partial charge in [0.25, 0.3) is 0 Å². The SMILES string of the molecule is CN(C)C(=O)C[C@H]1CC[C@@H]2[C@H](COC[C@H](O)CN2CC2CCOCC2)O1. The zero-order valence-electron chi connectivity index (χ0n) is 16.1. The van der Waals surface area contributed by atoms with Crippen molar-refractivity contribution in [1.29, 1.82) is 0 Å². The van der Waals surface area contributed by atoms with Crippen LogP contribution in [0.1, 0.15) is 32.1 Å². The molecule has 0 unspecified atom stereocenters. The van der Waals surface area contributed by atoms with E-state index in [1.54, 1.807) is 19.0 Å². The van der Waals surface area contributed by atoms with Crippen LogP contribution in [0.5, 0.6) is 0 Å².